The van der Waals surface area contributed by atoms with Crippen LogP contribution in [0.5, 0.6) is 0 Å². The first-order valence-corrected chi connectivity index (χ1v) is 6.48. The first kappa shape index (κ1) is 12.7. The molecule has 1 aliphatic carbocycles. The number of hydrogen-bond acceptors (Lipinski definition) is 3. The molecule has 17 heavy (non-hydrogen) atoms. The van der Waals surface area contributed by atoms with Crippen molar-refractivity contribution in [2.75, 3.05) is 13.2 Å². The minimum Gasteiger partial charge on any atom is -0.444 e. The number of rotatable bonds is 2. The van der Waals surface area contributed by atoms with Gasteiger partial charge in [0, 0.05) is 24.6 Å². The summed E-state index contributed by atoms with van der Waals surface area (Å²) in [5.41, 5.74) is -0.136. The maximum atomic E-state index is 12.0. The lowest BCUT2D eigenvalue weighted by molar-refractivity contribution is -0.126. The second kappa shape index (κ2) is 4.16. The molecular formula is C13H23NO3. The Morgan fingerprint density at radius 2 is 2.12 bits per heavy atom. The third-order valence-corrected chi connectivity index (χ3v) is 3.95. The number of nitrogens with zero attached hydrogens (tertiary/aromatic N) is 1. The molecule has 1 heterocycles. The van der Waals surface area contributed by atoms with Gasteiger partial charge in [0.2, 0.25) is 0 Å². The zero-order valence-electron chi connectivity index (χ0n) is 11.0. The highest BCUT2D eigenvalue weighted by Gasteiger charge is 2.57. The van der Waals surface area contributed by atoms with E-state index in [2.05, 4.69) is 0 Å². The van der Waals surface area contributed by atoms with Crippen LogP contribution in [-0.2, 0) is 4.74 Å². The molecule has 98 valence electrons. The maximum absolute atomic E-state index is 12.0. The van der Waals surface area contributed by atoms with Crippen molar-refractivity contribution in [3.63, 3.8) is 0 Å². The molecular weight excluding hydrogens is 218 g/mol. The van der Waals surface area contributed by atoms with Crippen LogP contribution in [-0.4, -0.2) is 40.9 Å². The Morgan fingerprint density at radius 1 is 1.47 bits per heavy atom. The van der Waals surface area contributed by atoms with Crippen molar-refractivity contribution in [1.29, 1.82) is 0 Å². The largest absolute Gasteiger partial charge is 0.444 e. The van der Waals surface area contributed by atoms with Crippen LogP contribution >= 0.6 is 0 Å². The first-order chi connectivity index (χ1) is 7.88. The fourth-order valence-corrected chi connectivity index (χ4v) is 2.99. The Morgan fingerprint density at radius 3 is 2.53 bits per heavy atom. The monoisotopic (exact) mass is 241 g/mol. The molecule has 2 aliphatic rings. The Hall–Kier alpha value is -0.770. The third kappa shape index (κ3) is 2.28. The van der Waals surface area contributed by atoms with Crippen molar-refractivity contribution in [3.05, 3.63) is 0 Å². The molecule has 4 heteroatoms. The van der Waals surface area contributed by atoms with Crippen LogP contribution in [0, 0.1) is 5.41 Å². The van der Waals surface area contributed by atoms with Crippen molar-refractivity contribution in [2.45, 2.75) is 58.1 Å². The number of aliphatic hydroxyl groups is 1. The number of aliphatic hydroxyl groups excluding tert-OH is 1. The summed E-state index contributed by atoms with van der Waals surface area (Å²) >= 11 is 0. The summed E-state index contributed by atoms with van der Waals surface area (Å²) in [4.78, 5) is 13.8. The predicted molar refractivity (Wildman–Crippen MR) is 64.7 cm³/mol. The van der Waals surface area contributed by atoms with Gasteiger partial charge in [0.15, 0.2) is 0 Å². The molecule has 0 aromatic heterocycles. The molecule has 2 rings (SSSR count). The van der Waals surface area contributed by atoms with E-state index < -0.39 is 5.60 Å². The highest BCUT2D eigenvalue weighted by molar-refractivity contribution is 5.70. The van der Waals surface area contributed by atoms with Crippen molar-refractivity contribution in [3.8, 4) is 0 Å². The van der Waals surface area contributed by atoms with Gasteiger partial charge in [-0.2, -0.15) is 0 Å². The van der Waals surface area contributed by atoms with Crippen LogP contribution in [0.4, 0.5) is 4.79 Å². The summed E-state index contributed by atoms with van der Waals surface area (Å²) in [5, 5.41) is 9.11. The van der Waals surface area contributed by atoms with E-state index >= 15 is 0 Å². The van der Waals surface area contributed by atoms with E-state index in [0.717, 1.165) is 6.54 Å². The van der Waals surface area contributed by atoms with Gasteiger partial charge in [-0.05, 0) is 40.0 Å². The van der Waals surface area contributed by atoms with Crippen LogP contribution in [0.1, 0.15) is 46.5 Å². The number of amides is 1. The Kier molecular flexibility index (Phi) is 3.10. The summed E-state index contributed by atoms with van der Waals surface area (Å²) in [6.07, 6.45) is 4.09. The van der Waals surface area contributed by atoms with Crippen LogP contribution < -0.4 is 0 Å². The van der Waals surface area contributed by atoms with Crippen LogP contribution in [0.3, 0.4) is 0 Å². The van der Waals surface area contributed by atoms with E-state index in [4.69, 9.17) is 9.84 Å². The number of carbonyl (C=O) groups is 1. The van der Waals surface area contributed by atoms with Crippen molar-refractivity contribution in [1.82, 2.24) is 4.90 Å². The molecule has 0 aromatic rings. The van der Waals surface area contributed by atoms with Crippen molar-refractivity contribution < 1.29 is 14.6 Å². The summed E-state index contributed by atoms with van der Waals surface area (Å²) in [7, 11) is 0. The van der Waals surface area contributed by atoms with E-state index in [0.29, 0.717) is 11.8 Å². The lowest BCUT2D eigenvalue weighted by Gasteiger charge is -2.62. The minimum absolute atomic E-state index is 0.145. The molecule has 0 aromatic carbocycles. The van der Waals surface area contributed by atoms with E-state index in [9.17, 15) is 4.79 Å². The van der Waals surface area contributed by atoms with Crippen molar-refractivity contribution in [2.24, 2.45) is 5.41 Å². The minimum atomic E-state index is -0.441. The highest BCUT2D eigenvalue weighted by atomic mass is 16.6. The van der Waals surface area contributed by atoms with E-state index in [1.807, 2.05) is 20.8 Å². The molecule has 1 saturated heterocycles. The maximum Gasteiger partial charge on any atom is 0.410 e. The standard InChI is InChI=1S/C13H23NO3/c1-12(2,3)17-11(16)14-9-13(6-4-7-13)10(14)5-8-15/h10,15H,4-9H2,1-3H3. The summed E-state index contributed by atoms with van der Waals surface area (Å²) in [5.74, 6) is 0. The average Bonchev–Trinajstić information content (AvgIpc) is 2.07. The fraction of sp³-hybridized carbons (Fsp3) is 0.923. The highest BCUT2D eigenvalue weighted by Crippen LogP contribution is 2.54. The molecule has 0 bridgehead atoms. The number of likely N-dealkylation sites (tertiary alicyclic amines) is 1. The van der Waals surface area contributed by atoms with E-state index in [1.165, 1.54) is 19.3 Å². The van der Waals surface area contributed by atoms with Gasteiger partial charge in [-0.1, -0.05) is 6.42 Å². The lowest BCUT2D eigenvalue weighted by Crippen LogP contribution is -2.69. The van der Waals surface area contributed by atoms with Gasteiger partial charge < -0.3 is 14.7 Å². The van der Waals surface area contributed by atoms with Gasteiger partial charge in [0.05, 0.1) is 0 Å². The Bertz CT molecular complexity index is 304. The van der Waals surface area contributed by atoms with Gasteiger partial charge in [0.25, 0.3) is 0 Å². The predicted octanol–water partition coefficient (Wildman–Crippen LogP) is 2.16. The second-order valence-electron chi connectivity index (χ2n) is 6.35. The summed E-state index contributed by atoms with van der Waals surface area (Å²) in [6.45, 7) is 6.60. The van der Waals surface area contributed by atoms with Crippen LogP contribution in [0.15, 0.2) is 0 Å². The van der Waals surface area contributed by atoms with Crippen LogP contribution in [0.2, 0.25) is 0 Å². The first-order valence-electron chi connectivity index (χ1n) is 6.48. The number of carbonyl (C=O) groups excluding carboxylic acids is 1. The molecule has 1 saturated carbocycles. The normalized spacial score (nSPS) is 26.4. The van der Waals surface area contributed by atoms with Gasteiger partial charge >= 0.3 is 6.09 Å². The lowest BCUT2D eigenvalue weighted by atomic mass is 9.57. The SMILES string of the molecule is CC(C)(C)OC(=O)N1CC2(CCC2)C1CCO. The Labute approximate surface area is 103 Å². The number of ether oxygens (including phenoxy) is 1. The fourth-order valence-electron chi connectivity index (χ4n) is 2.99. The zero-order chi connectivity index (χ0) is 12.7. The molecule has 2 fully saturated rings. The summed E-state index contributed by atoms with van der Waals surface area (Å²) in [6, 6.07) is 0.191. The zero-order valence-corrected chi connectivity index (χ0v) is 11.0. The third-order valence-electron chi connectivity index (χ3n) is 3.95. The summed E-state index contributed by atoms with van der Waals surface area (Å²) < 4.78 is 5.39. The molecule has 0 radical (unpaired) electrons. The van der Waals surface area contributed by atoms with E-state index in [1.54, 1.807) is 4.90 Å². The number of hydrogen-bond donors (Lipinski definition) is 1. The molecule has 1 N–H and O–H groups in total. The van der Waals surface area contributed by atoms with Gasteiger partial charge in [0.1, 0.15) is 5.60 Å². The molecule has 4 nitrogen and oxygen atoms in total. The quantitative estimate of drug-likeness (QED) is 0.806. The molecule has 1 aliphatic heterocycles. The Balaban J connectivity index is 1.95. The average molecular weight is 241 g/mol. The molecule has 1 spiro atoms. The van der Waals surface area contributed by atoms with Crippen LogP contribution in [0.25, 0.3) is 0 Å². The molecule has 1 atom stereocenters. The van der Waals surface area contributed by atoms with Gasteiger partial charge in [-0.3, -0.25) is 0 Å². The topological polar surface area (TPSA) is 49.8 Å². The van der Waals surface area contributed by atoms with Crippen molar-refractivity contribution >= 4 is 6.09 Å². The van der Waals surface area contributed by atoms with Gasteiger partial charge in [-0.25, -0.2) is 4.79 Å². The second-order valence-corrected chi connectivity index (χ2v) is 6.35. The molecule has 1 amide bonds. The molecule has 1 unspecified atom stereocenters. The van der Waals surface area contributed by atoms with E-state index in [-0.39, 0.29) is 18.7 Å². The smallest absolute Gasteiger partial charge is 0.410 e. The van der Waals surface area contributed by atoms with Gasteiger partial charge in [-0.15, -0.1) is 0 Å².